The quantitative estimate of drug-likeness (QED) is 0.484. The fourth-order valence-corrected chi connectivity index (χ4v) is 3.79. The van der Waals surface area contributed by atoms with Gasteiger partial charge in [0.2, 0.25) is 5.91 Å². The first-order valence-electron chi connectivity index (χ1n) is 9.76. The van der Waals surface area contributed by atoms with Gasteiger partial charge in [-0.05, 0) is 18.1 Å². The Labute approximate surface area is 174 Å². The normalized spacial score (nSPS) is 22.7. The number of nitrogens with one attached hydrogen (secondary N) is 1. The van der Waals surface area contributed by atoms with E-state index in [2.05, 4.69) is 5.32 Å². The number of morpholine rings is 1. The van der Waals surface area contributed by atoms with E-state index in [0.29, 0.717) is 31.8 Å². The van der Waals surface area contributed by atoms with Crippen molar-refractivity contribution < 1.29 is 38.9 Å². The van der Waals surface area contributed by atoms with Crippen LogP contribution < -0.4 is 19.8 Å². The molecule has 10 nitrogen and oxygen atoms in total. The van der Waals surface area contributed by atoms with E-state index < -0.39 is 12.7 Å². The molecule has 0 radical (unpaired) electrons. The summed E-state index contributed by atoms with van der Waals surface area (Å²) in [5, 5.41) is 34.4. The molecule has 11 heteroatoms. The van der Waals surface area contributed by atoms with E-state index in [1.165, 1.54) is 6.07 Å². The summed E-state index contributed by atoms with van der Waals surface area (Å²) in [6, 6.07) is 3.14. The Hall–Kier alpha value is -2.34. The van der Waals surface area contributed by atoms with Crippen LogP contribution in [0.1, 0.15) is 29.8 Å². The summed E-state index contributed by atoms with van der Waals surface area (Å²) < 4.78 is 16.4. The van der Waals surface area contributed by atoms with Crippen molar-refractivity contribution in [2.75, 3.05) is 32.8 Å². The van der Waals surface area contributed by atoms with E-state index in [-0.39, 0.29) is 61.8 Å². The Balaban J connectivity index is 0.00000256. The van der Waals surface area contributed by atoms with E-state index in [0.717, 1.165) is 6.54 Å². The molecule has 3 N–H and O–H groups in total. The largest absolute Gasteiger partial charge is 0.669 e. The summed E-state index contributed by atoms with van der Waals surface area (Å²) in [5.41, 5.74) is 0.201. The van der Waals surface area contributed by atoms with Crippen LogP contribution in [0.2, 0.25) is 6.32 Å². The number of benzene rings is 1. The van der Waals surface area contributed by atoms with Gasteiger partial charge in [0.25, 0.3) is 0 Å². The topological polar surface area (TPSA) is 141 Å². The van der Waals surface area contributed by atoms with Gasteiger partial charge >= 0.3 is 6.75 Å². The lowest BCUT2D eigenvalue weighted by atomic mass is 9.70. The van der Waals surface area contributed by atoms with E-state index in [1.54, 1.807) is 11.0 Å². The molecular weight excluding hydrogens is 395 g/mol. The molecule has 166 valence electrons. The van der Waals surface area contributed by atoms with Gasteiger partial charge in [0.1, 0.15) is 11.9 Å². The molecule has 0 bridgehead atoms. The van der Waals surface area contributed by atoms with Crippen LogP contribution in [-0.2, 0) is 16.0 Å². The Morgan fingerprint density at radius 2 is 2.10 bits per heavy atom. The molecule has 2 saturated heterocycles. The van der Waals surface area contributed by atoms with Gasteiger partial charge in [0.05, 0.1) is 49.5 Å². The summed E-state index contributed by atoms with van der Waals surface area (Å²) in [7, 11) is 0. The van der Waals surface area contributed by atoms with Gasteiger partial charge in [-0.2, -0.15) is 0 Å². The standard InChI is InChI=1S/C18H24BN2O8.CH4/c22-15(7-12-8-20-5-6-27-12)21-9-13(10-21)28-14-2-1-11-3-4-19(25,26)29-17(11)16(14)18(23)24;/h1-2,12-13,20,25-26H,3-10H2,(H,23,24);1H4/q-1;/p-1. The van der Waals surface area contributed by atoms with Crippen LogP contribution in [0.5, 0.6) is 11.5 Å². The van der Waals surface area contributed by atoms with E-state index in [1.807, 2.05) is 0 Å². The highest BCUT2D eigenvalue weighted by Gasteiger charge is 2.35. The van der Waals surface area contributed by atoms with Crippen molar-refractivity contribution in [2.24, 2.45) is 0 Å². The minimum absolute atomic E-state index is 0. The third-order valence-corrected chi connectivity index (χ3v) is 5.40. The molecule has 0 saturated carbocycles. The third-order valence-electron chi connectivity index (χ3n) is 5.40. The molecule has 30 heavy (non-hydrogen) atoms. The molecule has 3 heterocycles. The van der Waals surface area contributed by atoms with Crippen LogP contribution in [0.25, 0.3) is 0 Å². The molecule has 1 unspecified atom stereocenters. The number of nitrogens with zero attached hydrogens (tertiary/aromatic N) is 1. The Morgan fingerprint density at radius 3 is 2.77 bits per heavy atom. The van der Waals surface area contributed by atoms with Gasteiger partial charge in [0, 0.05) is 13.1 Å². The lowest BCUT2D eigenvalue weighted by molar-refractivity contribution is -0.255. The van der Waals surface area contributed by atoms with Crippen molar-refractivity contribution in [3.05, 3.63) is 23.3 Å². The van der Waals surface area contributed by atoms with Crippen molar-refractivity contribution in [1.29, 1.82) is 0 Å². The molecule has 1 atom stereocenters. The van der Waals surface area contributed by atoms with Gasteiger partial charge in [-0.15, -0.1) is 0 Å². The van der Waals surface area contributed by atoms with Crippen LogP contribution in [0.4, 0.5) is 0 Å². The number of likely N-dealkylation sites (tertiary alicyclic amines) is 1. The smallest absolute Gasteiger partial charge is 0.430 e. The minimum atomic E-state index is -3.11. The van der Waals surface area contributed by atoms with Crippen LogP contribution in [-0.4, -0.2) is 78.6 Å². The first kappa shape index (κ1) is 22.4. The highest BCUT2D eigenvalue weighted by atomic mass is 16.6. The van der Waals surface area contributed by atoms with Crippen molar-refractivity contribution in [3.63, 3.8) is 0 Å². The van der Waals surface area contributed by atoms with Crippen LogP contribution >= 0.6 is 0 Å². The number of carbonyl (C=O) groups is 2. The summed E-state index contributed by atoms with van der Waals surface area (Å²) >= 11 is 0. The molecule has 0 spiro atoms. The summed E-state index contributed by atoms with van der Waals surface area (Å²) in [5.74, 6) is -1.68. The first-order chi connectivity index (χ1) is 13.8. The molecule has 1 aromatic carbocycles. The second-order valence-electron chi connectivity index (χ2n) is 7.67. The zero-order valence-corrected chi connectivity index (χ0v) is 15.8. The summed E-state index contributed by atoms with van der Waals surface area (Å²) in [6.45, 7) is -0.446. The highest BCUT2D eigenvalue weighted by molar-refractivity contribution is 6.59. The second-order valence-corrected chi connectivity index (χ2v) is 7.67. The Bertz CT molecular complexity index is 806. The monoisotopic (exact) mass is 422 g/mol. The van der Waals surface area contributed by atoms with E-state index >= 15 is 0 Å². The zero-order valence-electron chi connectivity index (χ0n) is 15.8. The number of aromatic carboxylic acids is 1. The average Bonchev–Trinajstić information content (AvgIpc) is 2.63. The van der Waals surface area contributed by atoms with Gasteiger partial charge in [-0.25, -0.2) is 0 Å². The first-order valence-corrected chi connectivity index (χ1v) is 9.76. The van der Waals surface area contributed by atoms with Crippen molar-refractivity contribution in [3.8, 4) is 11.5 Å². The molecular formula is C19H27BN2O8-2. The number of carboxylic acids is 1. The van der Waals surface area contributed by atoms with E-state index in [4.69, 9.17) is 14.1 Å². The molecule has 3 aliphatic heterocycles. The van der Waals surface area contributed by atoms with Crippen LogP contribution in [0.15, 0.2) is 12.1 Å². The fourth-order valence-electron chi connectivity index (χ4n) is 3.79. The minimum Gasteiger partial charge on any atom is -0.669 e. The lowest BCUT2D eigenvalue weighted by Gasteiger charge is -2.41. The number of hydrogen-bond acceptors (Lipinski definition) is 9. The van der Waals surface area contributed by atoms with Crippen molar-refractivity contribution in [1.82, 2.24) is 10.2 Å². The third kappa shape index (κ3) is 4.70. The number of fused-ring (bicyclic) bond motifs is 1. The molecule has 2 fully saturated rings. The van der Waals surface area contributed by atoms with Gasteiger partial charge in [-0.1, -0.05) is 19.8 Å². The fraction of sp³-hybridized carbons (Fsp3) is 0.579. The molecule has 1 aromatic rings. The van der Waals surface area contributed by atoms with Gasteiger partial charge < -0.3 is 44.3 Å². The van der Waals surface area contributed by atoms with Gasteiger partial charge in [0.15, 0.2) is 0 Å². The number of rotatable bonds is 5. The maximum absolute atomic E-state index is 12.3. The van der Waals surface area contributed by atoms with Gasteiger partial charge in [-0.3, -0.25) is 4.79 Å². The van der Waals surface area contributed by atoms with Crippen LogP contribution in [0.3, 0.4) is 0 Å². The molecule has 0 aromatic heterocycles. The SMILES string of the molecule is C.O=C([O-])c1c(OC2CN(C(=O)CC3CNCCO3)C2)ccc2c1O[B-](O)(O)CC2. The van der Waals surface area contributed by atoms with Crippen molar-refractivity contribution in [2.45, 2.75) is 38.8 Å². The number of ether oxygens (including phenoxy) is 2. The van der Waals surface area contributed by atoms with E-state index in [9.17, 15) is 24.7 Å². The second kappa shape index (κ2) is 8.80. The predicted octanol–water partition coefficient (Wildman–Crippen LogP) is -1.49. The number of carboxylic acid groups (broad SMARTS) is 1. The average molecular weight is 422 g/mol. The number of amides is 1. The lowest BCUT2D eigenvalue weighted by Crippen LogP contribution is -2.57. The van der Waals surface area contributed by atoms with Crippen molar-refractivity contribution >= 4 is 18.6 Å². The maximum atomic E-state index is 12.3. The molecule has 3 aliphatic rings. The summed E-state index contributed by atoms with van der Waals surface area (Å²) in [4.78, 5) is 25.6. The molecule has 0 aliphatic carbocycles. The Morgan fingerprint density at radius 1 is 1.33 bits per heavy atom. The summed E-state index contributed by atoms with van der Waals surface area (Å²) in [6.07, 6.45) is 0.0283. The zero-order chi connectivity index (χ0) is 20.6. The predicted molar refractivity (Wildman–Crippen MR) is 105 cm³/mol. The molecule has 1 amide bonds. The highest BCUT2D eigenvalue weighted by Crippen LogP contribution is 2.38. The number of hydrogen-bond donors (Lipinski definition) is 3. The number of aryl methyl sites for hydroxylation is 1. The van der Waals surface area contributed by atoms with Crippen LogP contribution in [0, 0.1) is 0 Å². The molecule has 4 rings (SSSR count). The number of carbonyl (C=O) groups excluding carboxylic acids is 2. The Kier molecular flexibility index (Phi) is 6.56. The maximum Gasteiger partial charge on any atom is 0.430 e.